The lowest BCUT2D eigenvalue weighted by Gasteiger charge is -2.14. The molecule has 0 aliphatic rings. The maximum absolute atomic E-state index is 5.38. The minimum atomic E-state index is 0.809. The molecule has 274 valence electrons. The van der Waals surface area contributed by atoms with Crippen LogP contribution in [-0.2, 0) is 0 Å². The highest BCUT2D eigenvalue weighted by atomic mass is 15.1. The fourth-order valence-corrected chi connectivity index (χ4v) is 9.72. The molecule has 5 heteroatoms. The summed E-state index contributed by atoms with van der Waals surface area (Å²) in [6.45, 7) is 0. The zero-order valence-corrected chi connectivity index (χ0v) is 31.8. The van der Waals surface area contributed by atoms with Crippen molar-refractivity contribution >= 4 is 87.2 Å². The molecular weight excluding hydrogens is 719 g/mol. The second-order valence-corrected chi connectivity index (χ2v) is 15.4. The van der Waals surface area contributed by atoms with Gasteiger partial charge in [-0.25, -0.2) is 9.97 Å². The topological polar surface area (TPSA) is 40.6 Å². The van der Waals surface area contributed by atoms with Crippen LogP contribution in [0, 0.1) is 0 Å². The van der Waals surface area contributed by atoms with Crippen molar-refractivity contribution in [2.75, 3.05) is 0 Å². The predicted molar refractivity (Wildman–Crippen MR) is 245 cm³/mol. The molecule has 0 radical (unpaired) electrons. The summed E-state index contributed by atoms with van der Waals surface area (Å²) in [7, 11) is 0. The summed E-state index contributed by atoms with van der Waals surface area (Å²) in [4.78, 5) is 10.7. The Kier molecular flexibility index (Phi) is 6.66. The molecule has 0 saturated carbocycles. The van der Waals surface area contributed by atoms with Gasteiger partial charge in [-0.1, -0.05) is 133 Å². The third-order valence-electron chi connectivity index (χ3n) is 12.2. The maximum atomic E-state index is 5.38. The van der Waals surface area contributed by atoms with Gasteiger partial charge >= 0.3 is 0 Å². The van der Waals surface area contributed by atoms with E-state index >= 15 is 0 Å². The van der Waals surface area contributed by atoms with Crippen LogP contribution in [0.2, 0.25) is 0 Å². The lowest BCUT2D eigenvalue weighted by molar-refractivity contribution is 1.08. The van der Waals surface area contributed by atoms with E-state index in [2.05, 4.69) is 190 Å². The Balaban J connectivity index is 1.14. The van der Waals surface area contributed by atoms with Gasteiger partial charge in [0.05, 0.1) is 49.8 Å². The first kappa shape index (κ1) is 32.1. The van der Waals surface area contributed by atoms with Crippen molar-refractivity contribution in [3.05, 3.63) is 200 Å². The average molecular weight is 752 g/mol. The lowest BCUT2D eigenvalue weighted by atomic mass is 10.1. The predicted octanol–water partition coefficient (Wildman–Crippen LogP) is 13.7. The molecule has 9 aromatic carbocycles. The van der Waals surface area contributed by atoms with Crippen molar-refractivity contribution < 1.29 is 0 Å². The van der Waals surface area contributed by atoms with Crippen molar-refractivity contribution in [2.24, 2.45) is 0 Å². The molecule has 0 spiro atoms. The Morgan fingerprint density at radius 1 is 0.322 bits per heavy atom. The van der Waals surface area contributed by atoms with Gasteiger partial charge in [0.1, 0.15) is 5.69 Å². The Bertz CT molecular complexity index is 3850. The highest BCUT2D eigenvalue weighted by molar-refractivity contribution is 6.29. The fraction of sp³-hybridized carbons (Fsp3) is 0. The summed E-state index contributed by atoms with van der Waals surface area (Å²) in [5.41, 5.74) is 12.7. The number of nitrogens with zero attached hydrogens (tertiary/aromatic N) is 5. The van der Waals surface area contributed by atoms with Gasteiger partial charge in [-0.3, -0.25) is 4.57 Å². The van der Waals surface area contributed by atoms with Crippen molar-refractivity contribution in [3.8, 4) is 28.5 Å². The second-order valence-electron chi connectivity index (χ2n) is 15.4. The number of hydrogen-bond donors (Lipinski definition) is 0. The highest BCUT2D eigenvalue weighted by Crippen LogP contribution is 2.45. The zero-order valence-electron chi connectivity index (χ0n) is 31.8. The van der Waals surface area contributed by atoms with Gasteiger partial charge in [-0.2, -0.15) is 0 Å². The molecule has 0 fully saturated rings. The van der Waals surface area contributed by atoms with Crippen LogP contribution in [0.1, 0.15) is 0 Å². The third-order valence-corrected chi connectivity index (χ3v) is 12.2. The summed E-state index contributed by atoms with van der Waals surface area (Å²) in [5, 5.41) is 9.76. The Morgan fingerprint density at radius 3 is 1.58 bits per heavy atom. The van der Waals surface area contributed by atoms with Gasteiger partial charge in [0.15, 0.2) is 5.82 Å². The van der Waals surface area contributed by atoms with E-state index in [1.54, 1.807) is 0 Å². The number of hydrogen-bond acceptors (Lipinski definition) is 2. The monoisotopic (exact) mass is 751 g/mol. The molecule has 0 amide bonds. The standard InChI is InChI=1S/C54H33N5/c1-2-16-35(17-3-1)53-54(56-42-23-10-9-22-41(42)55-53)59-45-26-13-6-19-38(45)50-46(27-14-28-47(50)59)58-44-25-12-8-21-40(44)52-49(58)32-31-48-51(52)39-20-7-11-24-43(39)57(48)37-30-29-34-15-4-5-18-36(34)33-37/h1-33H. The molecular formula is C54H33N5. The van der Waals surface area contributed by atoms with E-state index in [1.807, 2.05) is 24.3 Å². The molecule has 0 saturated heterocycles. The third kappa shape index (κ3) is 4.55. The van der Waals surface area contributed by atoms with E-state index in [4.69, 9.17) is 9.97 Å². The van der Waals surface area contributed by atoms with Gasteiger partial charge in [-0.15, -0.1) is 0 Å². The van der Waals surface area contributed by atoms with Gasteiger partial charge in [0, 0.05) is 43.6 Å². The Morgan fingerprint density at radius 2 is 0.847 bits per heavy atom. The van der Waals surface area contributed by atoms with Crippen molar-refractivity contribution in [1.29, 1.82) is 0 Å². The quantitative estimate of drug-likeness (QED) is 0.180. The van der Waals surface area contributed by atoms with Crippen LogP contribution < -0.4 is 0 Å². The normalized spacial score (nSPS) is 12.1. The minimum absolute atomic E-state index is 0.809. The molecule has 0 bridgehead atoms. The molecule has 0 unspecified atom stereocenters. The minimum Gasteiger partial charge on any atom is -0.309 e. The first-order valence-corrected chi connectivity index (χ1v) is 20.1. The fourth-order valence-electron chi connectivity index (χ4n) is 9.72. The van der Waals surface area contributed by atoms with Crippen molar-refractivity contribution in [2.45, 2.75) is 0 Å². The van der Waals surface area contributed by atoms with Crippen LogP contribution in [0.15, 0.2) is 200 Å². The van der Waals surface area contributed by atoms with E-state index in [9.17, 15) is 0 Å². The first-order chi connectivity index (χ1) is 29.3. The number of para-hydroxylation sites is 5. The maximum Gasteiger partial charge on any atom is 0.165 e. The van der Waals surface area contributed by atoms with Crippen LogP contribution in [0.5, 0.6) is 0 Å². The average Bonchev–Trinajstić information content (AvgIpc) is 3.94. The summed E-state index contributed by atoms with van der Waals surface area (Å²) >= 11 is 0. The Labute approximate surface area is 338 Å². The molecule has 5 nitrogen and oxygen atoms in total. The number of benzene rings is 9. The second kappa shape index (κ2) is 12.2. The van der Waals surface area contributed by atoms with Crippen LogP contribution in [0.25, 0.3) is 116 Å². The smallest absolute Gasteiger partial charge is 0.165 e. The van der Waals surface area contributed by atoms with Crippen LogP contribution >= 0.6 is 0 Å². The molecule has 0 aliphatic heterocycles. The van der Waals surface area contributed by atoms with Crippen molar-refractivity contribution in [1.82, 2.24) is 23.7 Å². The van der Waals surface area contributed by atoms with E-state index in [1.165, 1.54) is 54.3 Å². The molecule has 4 heterocycles. The summed E-state index contributed by atoms with van der Waals surface area (Å²) in [5.74, 6) is 0.809. The lowest BCUT2D eigenvalue weighted by Crippen LogP contribution is -2.04. The molecule has 0 N–H and O–H groups in total. The zero-order chi connectivity index (χ0) is 38.6. The van der Waals surface area contributed by atoms with Gasteiger partial charge in [-0.05, 0) is 77.5 Å². The van der Waals surface area contributed by atoms with Gasteiger partial charge in [0.2, 0.25) is 0 Å². The number of fused-ring (bicyclic) bond motifs is 12. The molecule has 0 aliphatic carbocycles. The molecule has 13 aromatic rings. The van der Waals surface area contributed by atoms with Gasteiger partial charge in [0.25, 0.3) is 0 Å². The van der Waals surface area contributed by atoms with Crippen LogP contribution in [-0.4, -0.2) is 23.7 Å². The van der Waals surface area contributed by atoms with E-state index in [-0.39, 0.29) is 0 Å². The molecule has 0 atom stereocenters. The van der Waals surface area contributed by atoms with Gasteiger partial charge < -0.3 is 9.13 Å². The SMILES string of the molecule is c1ccc(-c2nc3ccccc3nc2-n2c3ccccc3c3c(-n4c5ccccc5c5c6c7ccccc7n(-c7ccc8ccccc8c7)c6ccc54)cccc32)cc1. The highest BCUT2D eigenvalue weighted by Gasteiger charge is 2.24. The molecule has 59 heavy (non-hydrogen) atoms. The van der Waals surface area contributed by atoms with Crippen LogP contribution in [0.3, 0.4) is 0 Å². The Hall–Kier alpha value is -8.02. The summed E-state index contributed by atoms with van der Waals surface area (Å²) in [6.07, 6.45) is 0. The number of rotatable bonds is 4. The van der Waals surface area contributed by atoms with E-state index in [0.29, 0.717) is 0 Å². The van der Waals surface area contributed by atoms with Crippen molar-refractivity contribution in [3.63, 3.8) is 0 Å². The first-order valence-electron chi connectivity index (χ1n) is 20.1. The summed E-state index contributed by atoms with van der Waals surface area (Å²) in [6, 6.07) is 71.8. The van der Waals surface area contributed by atoms with E-state index < -0.39 is 0 Å². The van der Waals surface area contributed by atoms with E-state index in [0.717, 1.165) is 61.4 Å². The molecule has 13 rings (SSSR count). The summed E-state index contributed by atoms with van der Waals surface area (Å²) < 4.78 is 7.24. The molecule has 4 aromatic heterocycles. The number of aromatic nitrogens is 5. The van der Waals surface area contributed by atoms with Crippen LogP contribution in [0.4, 0.5) is 0 Å². The largest absolute Gasteiger partial charge is 0.309 e.